The fourth-order valence-corrected chi connectivity index (χ4v) is 4.60. The van der Waals surface area contributed by atoms with Crippen LogP contribution >= 0.6 is 35.1 Å². The van der Waals surface area contributed by atoms with Crippen LogP contribution in [0.15, 0.2) is 52.7 Å². The van der Waals surface area contributed by atoms with Gasteiger partial charge in [0.2, 0.25) is 0 Å². The fourth-order valence-electron chi connectivity index (χ4n) is 3.09. The van der Waals surface area contributed by atoms with Crippen LogP contribution in [-0.2, 0) is 0 Å². The molecule has 166 valence electrons. The number of hydrogen-bond acceptors (Lipinski definition) is 9. The molecule has 4 rings (SSSR count). The van der Waals surface area contributed by atoms with E-state index in [2.05, 4.69) is 37.5 Å². The number of aliphatic imine (C=N–C) groups is 2. The Hall–Kier alpha value is -2.49. The van der Waals surface area contributed by atoms with E-state index in [1.807, 2.05) is 42.7 Å². The van der Waals surface area contributed by atoms with Crippen LogP contribution in [0.5, 0.6) is 5.75 Å². The summed E-state index contributed by atoms with van der Waals surface area (Å²) in [4.78, 5) is 17.6. The minimum Gasteiger partial charge on any atom is -0.485 e. The third-order valence-corrected chi connectivity index (χ3v) is 6.91. The Morgan fingerprint density at radius 1 is 1.22 bits per heavy atom. The average molecular weight is 487 g/mol. The molecule has 0 unspecified atom stereocenters. The summed E-state index contributed by atoms with van der Waals surface area (Å²) in [6.07, 6.45) is 3.51. The number of fused-ring (bicyclic) bond motifs is 1. The molecule has 7 nitrogen and oxygen atoms in total. The lowest BCUT2D eigenvalue weighted by atomic mass is 10.2. The Balaban J connectivity index is 1.54. The largest absolute Gasteiger partial charge is 0.485 e. The van der Waals surface area contributed by atoms with Gasteiger partial charge in [-0.15, -0.1) is 11.8 Å². The molecule has 0 saturated carbocycles. The van der Waals surface area contributed by atoms with Gasteiger partial charge in [-0.1, -0.05) is 23.4 Å². The molecule has 2 heterocycles. The van der Waals surface area contributed by atoms with Gasteiger partial charge < -0.3 is 15.4 Å². The van der Waals surface area contributed by atoms with Gasteiger partial charge >= 0.3 is 0 Å². The fraction of sp³-hybridized carbons (Fsp3) is 0.273. The maximum atomic E-state index is 6.45. The lowest BCUT2D eigenvalue weighted by Crippen LogP contribution is -2.07. The van der Waals surface area contributed by atoms with Crippen molar-refractivity contribution in [2.24, 2.45) is 9.98 Å². The van der Waals surface area contributed by atoms with E-state index in [0.29, 0.717) is 29.2 Å². The molecule has 0 aliphatic carbocycles. The number of halogens is 1. The first-order chi connectivity index (χ1) is 15.6. The Bertz CT molecular complexity index is 1190. The molecule has 3 aromatic rings. The Kier molecular flexibility index (Phi) is 7.39. The molecular weight excluding hydrogens is 464 g/mol. The van der Waals surface area contributed by atoms with Crippen molar-refractivity contribution in [2.75, 3.05) is 36.3 Å². The van der Waals surface area contributed by atoms with Crippen molar-refractivity contribution >= 4 is 73.4 Å². The highest BCUT2D eigenvalue weighted by molar-refractivity contribution is 8.14. The molecule has 0 bridgehead atoms. The molecule has 2 N–H and O–H groups in total. The molecular formula is C22H23ClN6OS2. The van der Waals surface area contributed by atoms with Gasteiger partial charge in [0.15, 0.2) is 5.17 Å². The molecule has 0 saturated heterocycles. The predicted octanol–water partition coefficient (Wildman–Crippen LogP) is 5.70. The zero-order valence-electron chi connectivity index (χ0n) is 17.9. The Morgan fingerprint density at radius 2 is 2.03 bits per heavy atom. The molecule has 1 aliphatic rings. The zero-order valence-corrected chi connectivity index (χ0v) is 20.3. The lowest BCUT2D eigenvalue weighted by Gasteiger charge is -2.13. The van der Waals surface area contributed by atoms with Crippen LogP contribution in [0.4, 0.5) is 17.2 Å². The summed E-state index contributed by atoms with van der Waals surface area (Å²) in [6.45, 7) is 2.50. The highest BCUT2D eigenvalue weighted by Crippen LogP contribution is 2.31. The number of thioether (sulfide) groups is 2. The average Bonchev–Trinajstić information content (AvgIpc) is 3.20. The number of nitrogens with one attached hydrogen (secondary N) is 2. The van der Waals surface area contributed by atoms with E-state index in [0.717, 1.165) is 38.2 Å². The first-order valence-electron chi connectivity index (χ1n) is 9.97. The van der Waals surface area contributed by atoms with Crippen molar-refractivity contribution in [1.29, 1.82) is 0 Å². The zero-order chi connectivity index (χ0) is 22.5. The molecule has 2 aromatic carbocycles. The molecule has 1 atom stereocenters. The quantitative estimate of drug-likeness (QED) is 0.341. The van der Waals surface area contributed by atoms with Crippen molar-refractivity contribution in [3.05, 3.63) is 47.7 Å². The van der Waals surface area contributed by atoms with E-state index >= 15 is 0 Å². The van der Waals surface area contributed by atoms with E-state index in [1.165, 1.54) is 0 Å². The number of nitrogens with zero attached hydrogens (tertiary/aromatic N) is 4. The third-order valence-electron chi connectivity index (χ3n) is 4.72. The summed E-state index contributed by atoms with van der Waals surface area (Å²) in [5.74, 6) is 2.30. The van der Waals surface area contributed by atoms with Crippen LogP contribution in [0.25, 0.3) is 10.9 Å². The van der Waals surface area contributed by atoms with Crippen LogP contribution in [0.2, 0.25) is 5.02 Å². The summed E-state index contributed by atoms with van der Waals surface area (Å²) < 4.78 is 5.78. The predicted molar refractivity (Wildman–Crippen MR) is 140 cm³/mol. The minimum atomic E-state index is 0.335. The number of amidine groups is 1. The molecule has 1 aliphatic heterocycles. The van der Waals surface area contributed by atoms with E-state index in [-0.39, 0.29) is 0 Å². The molecule has 0 fully saturated rings. The van der Waals surface area contributed by atoms with Gasteiger partial charge in [-0.3, -0.25) is 9.98 Å². The van der Waals surface area contributed by atoms with E-state index in [1.54, 1.807) is 36.9 Å². The summed E-state index contributed by atoms with van der Waals surface area (Å²) >= 11 is 9.73. The SMILES string of the molecule is C/N=C(/COc1ccc(Nc2ncnc3ccc(NC4=N[C@H](C)CS4)cc23)cc1Cl)SC. The Morgan fingerprint density at radius 3 is 2.75 bits per heavy atom. The standard InChI is InChI=1S/C22H23ClN6OS2/c1-13-11-32-22(27-13)29-14-4-6-18-16(8-14)21(26-12-25-18)28-15-5-7-19(17(23)9-15)30-10-20(24-2)31-3/h4-9,12-13H,10-11H2,1-3H3,(H,27,29)(H,25,26,28)/b24-20-/t13-/m1/s1. The highest BCUT2D eigenvalue weighted by Gasteiger charge is 2.14. The van der Waals surface area contributed by atoms with Gasteiger partial charge in [-0.05, 0) is 49.6 Å². The summed E-state index contributed by atoms with van der Waals surface area (Å²) in [5, 5.41) is 9.97. The number of benzene rings is 2. The normalized spacial score (nSPS) is 16.2. The number of aromatic nitrogens is 2. The maximum Gasteiger partial charge on any atom is 0.161 e. The van der Waals surface area contributed by atoms with Crippen LogP contribution in [0.1, 0.15) is 6.92 Å². The van der Waals surface area contributed by atoms with Gasteiger partial charge in [-0.25, -0.2) is 9.97 Å². The van der Waals surface area contributed by atoms with E-state index in [9.17, 15) is 0 Å². The monoisotopic (exact) mass is 486 g/mol. The summed E-state index contributed by atoms with van der Waals surface area (Å²) in [5.41, 5.74) is 2.59. The number of ether oxygens (including phenoxy) is 1. The summed E-state index contributed by atoms with van der Waals surface area (Å²) in [7, 11) is 1.75. The molecule has 1 aromatic heterocycles. The van der Waals surface area contributed by atoms with E-state index in [4.69, 9.17) is 16.3 Å². The van der Waals surface area contributed by atoms with E-state index < -0.39 is 0 Å². The summed E-state index contributed by atoms with van der Waals surface area (Å²) in [6, 6.07) is 11.9. The van der Waals surface area contributed by atoms with Crippen LogP contribution in [0.3, 0.4) is 0 Å². The second kappa shape index (κ2) is 10.4. The first-order valence-corrected chi connectivity index (χ1v) is 12.6. The highest BCUT2D eigenvalue weighted by atomic mass is 35.5. The topological polar surface area (TPSA) is 83.8 Å². The number of rotatable bonds is 6. The minimum absolute atomic E-state index is 0.335. The van der Waals surface area contributed by atoms with Gasteiger partial charge in [0.05, 0.1) is 16.6 Å². The van der Waals surface area contributed by atoms with Crippen LogP contribution in [-0.4, -0.2) is 51.9 Å². The smallest absolute Gasteiger partial charge is 0.161 e. The van der Waals surface area contributed by atoms with Gasteiger partial charge in [-0.2, -0.15) is 0 Å². The molecule has 32 heavy (non-hydrogen) atoms. The van der Waals surface area contributed by atoms with Crippen LogP contribution < -0.4 is 15.4 Å². The molecule has 0 radical (unpaired) electrons. The molecule has 0 spiro atoms. The third kappa shape index (κ3) is 5.46. The number of anilines is 3. The van der Waals surface area contributed by atoms with Gasteiger partial charge in [0, 0.05) is 29.6 Å². The maximum absolute atomic E-state index is 6.45. The second-order valence-electron chi connectivity index (χ2n) is 7.05. The number of hydrogen-bond donors (Lipinski definition) is 2. The Labute approximate surface area is 200 Å². The molecule has 0 amide bonds. The van der Waals surface area contributed by atoms with Crippen molar-refractivity contribution in [1.82, 2.24) is 9.97 Å². The van der Waals surface area contributed by atoms with Crippen molar-refractivity contribution < 1.29 is 4.74 Å². The van der Waals surface area contributed by atoms with Crippen molar-refractivity contribution in [3.63, 3.8) is 0 Å². The lowest BCUT2D eigenvalue weighted by molar-refractivity contribution is 0.379. The first kappa shape index (κ1) is 22.7. The van der Waals surface area contributed by atoms with Gasteiger partial charge in [0.1, 0.15) is 29.5 Å². The van der Waals surface area contributed by atoms with Crippen molar-refractivity contribution in [2.45, 2.75) is 13.0 Å². The molecule has 10 heteroatoms. The van der Waals surface area contributed by atoms with Gasteiger partial charge in [0.25, 0.3) is 0 Å². The van der Waals surface area contributed by atoms with Crippen molar-refractivity contribution in [3.8, 4) is 5.75 Å². The second-order valence-corrected chi connectivity index (χ2v) is 9.35. The van der Waals surface area contributed by atoms with Crippen LogP contribution in [0, 0.1) is 0 Å².